The van der Waals surface area contributed by atoms with Crippen LogP contribution in [-0.4, -0.2) is 44.6 Å². The lowest BCUT2D eigenvalue weighted by Gasteiger charge is -2.12. The maximum atomic E-state index is 14.0. The standard InChI is InChI=1S/C13H15FN4O3/c14-11-6-9(18-16-13(7-19)15-17-18)3-4-12(11)21-8-10-2-1-5-20-10/h3-4,6,10,19H,1-2,5,7-8H2. The van der Waals surface area contributed by atoms with Crippen LogP contribution in [0.1, 0.15) is 18.7 Å². The van der Waals surface area contributed by atoms with Crippen LogP contribution in [-0.2, 0) is 11.3 Å². The SMILES string of the molecule is OCc1nnn(-c2ccc(OCC3CCCO3)c(F)c2)n1. The van der Waals surface area contributed by atoms with Crippen molar-refractivity contribution in [3.8, 4) is 11.4 Å². The van der Waals surface area contributed by atoms with Crippen LogP contribution in [0.25, 0.3) is 5.69 Å². The molecule has 1 N–H and O–H groups in total. The third kappa shape index (κ3) is 3.17. The highest BCUT2D eigenvalue weighted by molar-refractivity contribution is 5.37. The molecule has 0 amide bonds. The summed E-state index contributed by atoms with van der Waals surface area (Å²) in [4.78, 5) is 1.15. The monoisotopic (exact) mass is 294 g/mol. The van der Waals surface area contributed by atoms with Gasteiger partial charge in [0.2, 0.25) is 5.82 Å². The van der Waals surface area contributed by atoms with Crippen molar-refractivity contribution in [2.24, 2.45) is 0 Å². The van der Waals surface area contributed by atoms with Gasteiger partial charge in [0, 0.05) is 12.7 Å². The van der Waals surface area contributed by atoms with Crippen molar-refractivity contribution < 1.29 is 19.0 Å². The second kappa shape index (κ2) is 6.15. The predicted molar refractivity (Wildman–Crippen MR) is 69.5 cm³/mol. The van der Waals surface area contributed by atoms with Gasteiger partial charge in [0.1, 0.15) is 13.2 Å². The van der Waals surface area contributed by atoms with E-state index in [1.165, 1.54) is 12.1 Å². The van der Waals surface area contributed by atoms with Gasteiger partial charge in [-0.1, -0.05) is 0 Å². The van der Waals surface area contributed by atoms with Gasteiger partial charge in [0.05, 0.1) is 11.8 Å². The second-order valence-electron chi connectivity index (χ2n) is 4.71. The van der Waals surface area contributed by atoms with Crippen LogP contribution in [0.2, 0.25) is 0 Å². The molecule has 7 nitrogen and oxygen atoms in total. The van der Waals surface area contributed by atoms with Gasteiger partial charge in [-0.3, -0.25) is 0 Å². The Morgan fingerprint density at radius 3 is 3.05 bits per heavy atom. The molecule has 1 aliphatic rings. The minimum Gasteiger partial charge on any atom is -0.488 e. The highest BCUT2D eigenvalue weighted by atomic mass is 19.1. The van der Waals surface area contributed by atoms with Gasteiger partial charge >= 0.3 is 0 Å². The Bertz CT molecular complexity index is 613. The third-order valence-electron chi connectivity index (χ3n) is 3.19. The molecule has 3 rings (SSSR count). The number of hydrogen-bond donors (Lipinski definition) is 1. The zero-order valence-corrected chi connectivity index (χ0v) is 11.3. The quantitative estimate of drug-likeness (QED) is 0.880. The number of halogens is 1. The second-order valence-corrected chi connectivity index (χ2v) is 4.71. The number of hydrogen-bond acceptors (Lipinski definition) is 6. The molecule has 0 bridgehead atoms. The van der Waals surface area contributed by atoms with Crippen molar-refractivity contribution in [2.75, 3.05) is 13.2 Å². The number of aliphatic hydroxyl groups excluding tert-OH is 1. The number of aliphatic hydroxyl groups is 1. The third-order valence-corrected chi connectivity index (χ3v) is 3.19. The van der Waals surface area contributed by atoms with Crippen molar-refractivity contribution >= 4 is 0 Å². The summed E-state index contributed by atoms with van der Waals surface area (Å²) in [5.41, 5.74) is 0.407. The number of nitrogens with zero attached hydrogens (tertiary/aromatic N) is 4. The fourth-order valence-electron chi connectivity index (χ4n) is 2.11. The topological polar surface area (TPSA) is 82.3 Å². The summed E-state index contributed by atoms with van der Waals surface area (Å²) in [6.45, 7) is 0.762. The van der Waals surface area contributed by atoms with Crippen LogP contribution in [0.5, 0.6) is 5.75 Å². The van der Waals surface area contributed by atoms with Crippen molar-refractivity contribution in [3.63, 3.8) is 0 Å². The fourth-order valence-corrected chi connectivity index (χ4v) is 2.11. The van der Waals surface area contributed by atoms with E-state index in [-0.39, 0.29) is 24.3 Å². The Labute approximate surface area is 120 Å². The minimum atomic E-state index is -0.506. The van der Waals surface area contributed by atoms with E-state index in [1.54, 1.807) is 6.07 Å². The maximum Gasteiger partial charge on any atom is 0.200 e. The summed E-state index contributed by atoms with van der Waals surface area (Å²) in [7, 11) is 0. The Morgan fingerprint density at radius 1 is 1.48 bits per heavy atom. The largest absolute Gasteiger partial charge is 0.488 e. The molecule has 1 aromatic carbocycles. The molecule has 2 aromatic rings. The van der Waals surface area contributed by atoms with Crippen molar-refractivity contribution in [1.29, 1.82) is 0 Å². The first-order chi connectivity index (χ1) is 10.3. The zero-order valence-electron chi connectivity index (χ0n) is 11.3. The normalized spacial score (nSPS) is 18.1. The van der Waals surface area contributed by atoms with E-state index in [2.05, 4.69) is 15.4 Å². The molecule has 1 fully saturated rings. The summed E-state index contributed by atoms with van der Waals surface area (Å²) in [5, 5.41) is 20.1. The molecule has 0 saturated carbocycles. The maximum absolute atomic E-state index is 14.0. The minimum absolute atomic E-state index is 0.0353. The first-order valence-electron chi connectivity index (χ1n) is 6.70. The molecule has 0 radical (unpaired) electrons. The van der Waals surface area contributed by atoms with Gasteiger partial charge in [-0.25, -0.2) is 4.39 Å². The van der Waals surface area contributed by atoms with E-state index in [9.17, 15) is 4.39 Å². The smallest absolute Gasteiger partial charge is 0.200 e. The highest BCUT2D eigenvalue weighted by Gasteiger charge is 2.17. The molecule has 8 heteroatoms. The number of benzene rings is 1. The molecule has 0 aliphatic carbocycles. The van der Waals surface area contributed by atoms with Gasteiger partial charge in [-0.05, 0) is 30.2 Å². The van der Waals surface area contributed by atoms with Crippen LogP contribution in [0.15, 0.2) is 18.2 Å². The van der Waals surface area contributed by atoms with Gasteiger partial charge in [-0.15, -0.1) is 15.0 Å². The number of rotatable bonds is 5. The number of tetrazole rings is 1. The molecule has 1 unspecified atom stereocenters. The van der Waals surface area contributed by atoms with Gasteiger partial charge in [0.25, 0.3) is 0 Å². The summed E-state index contributed by atoms with van der Waals surface area (Å²) >= 11 is 0. The zero-order chi connectivity index (χ0) is 14.7. The van der Waals surface area contributed by atoms with E-state index < -0.39 is 5.82 Å². The molecule has 1 aromatic heterocycles. The Kier molecular flexibility index (Phi) is 4.07. The van der Waals surface area contributed by atoms with E-state index in [0.29, 0.717) is 12.3 Å². The first kappa shape index (κ1) is 13.9. The van der Waals surface area contributed by atoms with Crippen molar-refractivity contribution in [2.45, 2.75) is 25.6 Å². The molecule has 21 heavy (non-hydrogen) atoms. The molecule has 1 atom stereocenters. The lowest BCUT2D eigenvalue weighted by atomic mass is 10.2. The fraction of sp³-hybridized carbons (Fsp3) is 0.462. The Hall–Kier alpha value is -2.06. The van der Waals surface area contributed by atoms with Gasteiger partial charge in [0.15, 0.2) is 11.6 Å². The Balaban J connectivity index is 1.69. The molecule has 1 aliphatic heterocycles. The van der Waals surface area contributed by atoms with Crippen LogP contribution < -0.4 is 4.74 Å². The van der Waals surface area contributed by atoms with E-state index >= 15 is 0 Å². The van der Waals surface area contributed by atoms with E-state index in [4.69, 9.17) is 14.6 Å². The molecule has 1 saturated heterocycles. The molecular weight excluding hydrogens is 279 g/mol. The van der Waals surface area contributed by atoms with E-state index in [1.807, 2.05) is 0 Å². The van der Waals surface area contributed by atoms with Crippen molar-refractivity contribution in [1.82, 2.24) is 20.2 Å². The highest BCUT2D eigenvalue weighted by Crippen LogP contribution is 2.21. The lowest BCUT2D eigenvalue weighted by Crippen LogP contribution is -2.16. The average Bonchev–Trinajstić information content (AvgIpc) is 3.17. The predicted octanol–water partition coefficient (Wildman–Crippen LogP) is 0.851. The van der Waals surface area contributed by atoms with E-state index in [0.717, 1.165) is 24.2 Å². The van der Waals surface area contributed by atoms with Crippen LogP contribution in [0.4, 0.5) is 4.39 Å². The molecule has 112 valence electrons. The average molecular weight is 294 g/mol. The van der Waals surface area contributed by atoms with Gasteiger partial charge < -0.3 is 14.6 Å². The number of ether oxygens (including phenoxy) is 2. The van der Waals surface area contributed by atoms with Crippen molar-refractivity contribution in [3.05, 3.63) is 29.8 Å². The molecular formula is C13H15FN4O3. The molecule has 2 heterocycles. The summed E-state index contributed by atoms with van der Waals surface area (Å²) in [5.74, 6) is -0.167. The lowest BCUT2D eigenvalue weighted by molar-refractivity contribution is 0.0666. The molecule has 0 spiro atoms. The first-order valence-corrected chi connectivity index (χ1v) is 6.70. The summed E-state index contributed by atoms with van der Waals surface area (Å²) < 4.78 is 24.8. The number of aromatic nitrogens is 4. The Morgan fingerprint density at radius 2 is 2.38 bits per heavy atom. The van der Waals surface area contributed by atoms with Crippen LogP contribution in [0, 0.1) is 5.82 Å². The van der Waals surface area contributed by atoms with Gasteiger partial charge in [-0.2, -0.15) is 0 Å². The van der Waals surface area contributed by atoms with Crippen LogP contribution >= 0.6 is 0 Å². The summed E-state index contributed by atoms with van der Waals surface area (Å²) in [6.07, 6.45) is 1.99. The summed E-state index contributed by atoms with van der Waals surface area (Å²) in [6, 6.07) is 4.39. The van der Waals surface area contributed by atoms with Crippen LogP contribution in [0.3, 0.4) is 0 Å².